The van der Waals surface area contributed by atoms with Crippen LogP contribution in [0.1, 0.15) is 38.5 Å². The van der Waals surface area contributed by atoms with Crippen LogP contribution in [-0.2, 0) is 49.0 Å². The molecule has 2 aliphatic rings. The Morgan fingerprint density at radius 3 is 1.85 bits per heavy atom. The Labute approximate surface area is 209 Å². The molecule has 0 N–H and O–H groups in total. The van der Waals surface area contributed by atoms with Gasteiger partial charge in [-0.2, -0.15) is 0 Å². The van der Waals surface area contributed by atoms with Crippen molar-refractivity contribution in [1.82, 2.24) is 0 Å². The molecular formula is C22H32N2O8Pd-4. The summed E-state index contributed by atoms with van der Waals surface area (Å²) in [5.74, 6) is -2.54. The summed E-state index contributed by atoms with van der Waals surface area (Å²) in [6.45, 7) is 1.52. The van der Waals surface area contributed by atoms with Gasteiger partial charge in [0.15, 0.2) is 0 Å². The fraction of sp³-hybridized carbons (Fsp3) is 0.636. The molecule has 2 rings (SSSR count). The summed E-state index contributed by atoms with van der Waals surface area (Å²) in [5, 5.41) is 31.4. The second-order valence-corrected chi connectivity index (χ2v) is 7.08. The number of methoxy groups -OCH3 is 4. The zero-order chi connectivity index (χ0) is 23.9. The molecule has 2 atom stereocenters. The molecular weight excluding hydrogens is 527 g/mol. The topological polar surface area (TPSA) is 145 Å². The average molecular weight is 559 g/mol. The Bertz CT molecular complexity index is 703. The van der Waals surface area contributed by atoms with E-state index >= 15 is 0 Å². The van der Waals surface area contributed by atoms with Gasteiger partial charge in [-0.25, -0.2) is 9.59 Å². The smallest absolute Gasteiger partial charge is 0.335 e. The van der Waals surface area contributed by atoms with Crippen LogP contribution in [0.5, 0.6) is 0 Å². The number of carbonyl (C=O) groups excluding carboxylic acids is 2. The molecule has 11 heteroatoms. The van der Waals surface area contributed by atoms with Crippen molar-refractivity contribution in [2.24, 2.45) is 0 Å². The van der Waals surface area contributed by atoms with E-state index in [2.05, 4.69) is 29.6 Å². The van der Waals surface area contributed by atoms with Gasteiger partial charge in [-0.3, -0.25) is 0 Å². The Morgan fingerprint density at radius 2 is 1.42 bits per heavy atom. The van der Waals surface area contributed by atoms with E-state index < -0.39 is 23.8 Å². The van der Waals surface area contributed by atoms with Gasteiger partial charge < -0.3 is 39.8 Å². The van der Waals surface area contributed by atoms with Crippen LogP contribution >= 0.6 is 0 Å². The molecule has 192 valence electrons. The van der Waals surface area contributed by atoms with Crippen molar-refractivity contribution in [1.29, 1.82) is 0 Å². The van der Waals surface area contributed by atoms with Crippen LogP contribution in [0, 0.1) is 0 Å². The molecule has 0 radical (unpaired) electrons. The summed E-state index contributed by atoms with van der Waals surface area (Å²) < 4.78 is 18.2. The predicted octanol–water partition coefficient (Wildman–Crippen LogP) is 1.16. The fourth-order valence-corrected chi connectivity index (χ4v) is 3.22. The van der Waals surface area contributed by atoms with Gasteiger partial charge in [-0.05, 0) is 27.1 Å². The molecule has 0 saturated carbocycles. The number of ether oxygens (including phenoxy) is 4. The van der Waals surface area contributed by atoms with Crippen LogP contribution in [0.25, 0.3) is 10.6 Å². The molecule has 1 saturated heterocycles. The third-order valence-electron chi connectivity index (χ3n) is 4.93. The van der Waals surface area contributed by atoms with E-state index in [-0.39, 0.29) is 50.1 Å². The quantitative estimate of drug-likeness (QED) is 0.142. The van der Waals surface area contributed by atoms with Crippen molar-refractivity contribution in [2.45, 2.75) is 50.6 Å². The maximum atomic E-state index is 11.4. The molecule has 10 nitrogen and oxygen atoms in total. The van der Waals surface area contributed by atoms with Crippen molar-refractivity contribution in [3.8, 4) is 0 Å². The molecule has 0 amide bonds. The van der Waals surface area contributed by atoms with Crippen molar-refractivity contribution in [3.05, 3.63) is 45.8 Å². The van der Waals surface area contributed by atoms with Gasteiger partial charge >= 0.3 is 11.9 Å². The maximum Gasteiger partial charge on any atom is 0.335 e. The van der Waals surface area contributed by atoms with Gasteiger partial charge in [-0.1, -0.05) is 31.8 Å². The number of piperidine rings is 1. The Kier molecular flexibility index (Phi) is 16.3. The summed E-state index contributed by atoms with van der Waals surface area (Å²) in [7, 11) is 4.98. The molecule has 2 aliphatic heterocycles. The minimum Gasteiger partial charge on any atom is -0.659 e. The van der Waals surface area contributed by atoms with Crippen molar-refractivity contribution in [2.75, 3.05) is 41.5 Å². The summed E-state index contributed by atoms with van der Waals surface area (Å²) >= 11 is 0. The zero-order valence-corrected chi connectivity index (χ0v) is 21.0. The Hall–Kier alpha value is -2.06. The number of hydrogen-bond donors (Lipinski definition) is 0. The number of hydrogen-bond acceptors (Lipinski definition) is 8. The molecule has 2 unspecified atom stereocenters. The minimum absolute atomic E-state index is 0. The maximum absolute atomic E-state index is 11.4. The first-order valence-corrected chi connectivity index (χ1v) is 10.4. The molecule has 2 heterocycles. The first kappa shape index (κ1) is 30.9. The molecule has 0 aromatic heterocycles. The molecule has 0 aromatic rings. The molecule has 0 spiro atoms. The second-order valence-electron chi connectivity index (χ2n) is 7.08. The van der Waals surface area contributed by atoms with E-state index in [1.54, 1.807) is 0 Å². The van der Waals surface area contributed by atoms with E-state index in [4.69, 9.17) is 0 Å². The number of rotatable bonds is 8. The van der Waals surface area contributed by atoms with E-state index in [9.17, 15) is 19.8 Å². The summed E-state index contributed by atoms with van der Waals surface area (Å²) in [6, 6.07) is -0.0936. The first-order chi connectivity index (χ1) is 15.4. The minimum atomic E-state index is -0.652. The van der Waals surface area contributed by atoms with Crippen molar-refractivity contribution >= 4 is 11.9 Å². The van der Waals surface area contributed by atoms with Gasteiger partial charge in [0.1, 0.15) is 0 Å². The number of carbonyl (C=O) groups is 2. The van der Waals surface area contributed by atoms with Crippen LogP contribution in [0.4, 0.5) is 0 Å². The SMILES string of the molecule is COC(=O)/C(CC1C=CCC[N-]1)=C(/[O-])OC.COC(=O)/C(CC1CCCC[N-]1)=C(/[O-])OC.[Pd]. The monoisotopic (exact) mass is 558 g/mol. The summed E-state index contributed by atoms with van der Waals surface area (Å²) in [5.41, 5.74) is 0.0611. The Balaban J connectivity index is 0.000000602. The molecule has 0 aromatic carbocycles. The number of nitrogens with zero attached hydrogens (tertiary/aromatic N) is 2. The van der Waals surface area contributed by atoms with Gasteiger partial charge in [-0.15, -0.1) is 31.2 Å². The summed E-state index contributed by atoms with van der Waals surface area (Å²) in [4.78, 5) is 22.7. The number of esters is 2. The second kappa shape index (κ2) is 17.4. The van der Waals surface area contributed by atoms with Crippen molar-refractivity contribution < 1.29 is 59.2 Å². The van der Waals surface area contributed by atoms with E-state index in [0.29, 0.717) is 6.42 Å². The van der Waals surface area contributed by atoms with Gasteiger partial charge in [0.05, 0.1) is 37.3 Å². The third-order valence-corrected chi connectivity index (χ3v) is 4.93. The van der Waals surface area contributed by atoms with Crippen LogP contribution in [0.3, 0.4) is 0 Å². The normalized spacial score (nSPS) is 21.1. The fourth-order valence-electron chi connectivity index (χ4n) is 3.22. The van der Waals surface area contributed by atoms with E-state index in [0.717, 1.165) is 38.8 Å². The van der Waals surface area contributed by atoms with Crippen LogP contribution in [-0.4, -0.2) is 65.6 Å². The largest absolute Gasteiger partial charge is 0.659 e. The predicted molar refractivity (Wildman–Crippen MR) is 113 cm³/mol. The van der Waals surface area contributed by atoms with Crippen LogP contribution < -0.4 is 10.2 Å². The molecule has 1 fully saturated rings. The summed E-state index contributed by atoms with van der Waals surface area (Å²) in [6.07, 6.45) is 8.42. The first-order valence-electron chi connectivity index (χ1n) is 10.4. The third kappa shape index (κ3) is 11.1. The zero-order valence-electron chi connectivity index (χ0n) is 19.4. The molecule has 0 aliphatic carbocycles. The standard InChI is InChI=1S/C11H18NO4.C11H16NO4.Pd/c2*1-15-10(13)9(11(14)16-2)7-8-5-3-4-6-12-8;/h8,13H,3-7H2,1-2H3;3,5,8,13H,4,6-7H2,1-2H3;/q2*-1;/p-2/b2*10-9-;. The van der Waals surface area contributed by atoms with Crippen molar-refractivity contribution in [3.63, 3.8) is 0 Å². The van der Waals surface area contributed by atoms with Gasteiger partial charge in [0, 0.05) is 20.4 Å². The molecule has 33 heavy (non-hydrogen) atoms. The average Bonchev–Trinajstić information content (AvgIpc) is 2.85. The Morgan fingerprint density at radius 1 is 0.848 bits per heavy atom. The van der Waals surface area contributed by atoms with E-state index in [1.807, 2.05) is 12.2 Å². The van der Waals surface area contributed by atoms with Gasteiger partial charge in [0.25, 0.3) is 0 Å². The van der Waals surface area contributed by atoms with E-state index in [1.165, 1.54) is 28.4 Å². The van der Waals surface area contributed by atoms with Crippen LogP contribution in [0.15, 0.2) is 35.2 Å². The van der Waals surface area contributed by atoms with Crippen LogP contribution in [0.2, 0.25) is 0 Å². The van der Waals surface area contributed by atoms with Gasteiger partial charge in [0.2, 0.25) is 0 Å². The molecule has 0 bridgehead atoms.